The van der Waals surface area contributed by atoms with Crippen LogP contribution >= 0.6 is 0 Å². The third kappa shape index (κ3) is 48.4. The minimum absolute atomic E-state index is 0.137. The molecule has 6 nitrogen and oxygen atoms in total. The van der Waals surface area contributed by atoms with Gasteiger partial charge in [-0.3, -0.25) is 14.4 Å². The molecule has 63 heavy (non-hydrogen) atoms. The first-order valence-corrected chi connectivity index (χ1v) is 24.8. The lowest BCUT2D eigenvalue weighted by Crippen LogP contribution is -2.30. The van der Waals surface area contributed by atoms with Crippen molar-refractivity contribution in [1.82, 2.24) is 0 Å². The fourth-order valence-corrected chi connectivity index (χ4v) is 6.09. The Kier molecular flexibility index (Phi) is 46.7. The lowest BCUT2D eigenvalue weighted by atomic mass is 10.1. The fraction of sp³-hybridized carbons (Fsp3) is 0.561. The first kappa shape index (κ1) is 58.6. The summed E-state index contributed by atoms with van der Waals surface area (Å²) < 4.78 is 16.6. The zero-order valence-corrected chi connectivity index (χ0v) is 40.0. The number of carbonyl (C=O) groups excluding carboxylic acids is 3. The normalized spacial score (nSPS) is 13.3. The predicted molar refractivity (Wildman–Crippen MR) is 269 cm³/mol. The number of unbranched alkanes of at least 4 members (excludes halogenated alkanes) is 13. The standard InChI is InChI=1S/C57H88O6/c1-4-7-10-13-16-19-22-25-27-28-30-32-35-38-41-44-47-50-56(59)62-53-54(52-61-55(58)49-46-43-40-37-34-31-24-21-18-15-12-9-6-3)63-57(60)51-48-45-42-39-36-33-29-26-23-20-17-14-11-8-5-2/h7,9-10,12,15-16,18-21,23-25,27,30-32,34,37-38,40-41,54H,4-6,8,11,13-14,17,22,26,28-29,33,35-36,39,42-53H2,1-3H3/b10-7-,12-9-,18-15-,19-16-,23-20-,24-21-,27-25-,32-30-,34-31-,40-37-,41-38-. The molecule has 0 fully saturated rings. The third-order valence-electron chi connectivity index (χ3n) is 9.75. The summed E-state index contributed by atoms with van der Waals surface area (Å²) in [5.41, 5.74) is 0. The molecule has 0 aliphatic heterocycles. The van der Waals surface area contributed by atoms with Crippen LogP contribution < -0.4 is 0 Å². The van der Waals surface area contributed by atoms with Crippen molar-refractivity contribution in [2.24, 2.45) is 0 Å². The monoisotopic (exact) mass is 869 g/mol. The number of carbonyl (C=O) groups is 3. The van der Waals surface area contributed by atoms with Gasteiger partial charge in [0.25, 0.3) is 0 Å². The first-order chi connectivity index (χ1) is 31.0. The zero-order chi connectivity index (χ0) is 45.8. The van der Waals surface area contributed by atoms with Crippen molar-refractivity contribution in [3.8, 4) is 0 Å². The molecule has 0 heterocycles. The molecule has 0 saturated carbocycles. The molecule has 0 spiro atoms. The van der Waals surface area contributed by atoms with Crippen molar-refractivity contribution >= 4 is 17.9 Å². The van der Waals surface area contributed by atoms with E-state index in [9.17, 15) is 14.4 Å². The van der Waals surface area contributed by atoms with Gasteiger partial charge in [-0.05, 0) is 96.3 Å². The smallest absolute Gasteiger partial charge is 0.306 e. The maximum Gasteiger partial charge on any atom is 0.306 e. The molecule has 0 rings (SSSR count). The second-order valence-corrected chi connectivity index (χ2v) is 15.7. The largest absolute Gasteiger partial charge is 0.462 e. The van der Waals surface area contributed by atoms with E-state index in [1.165, 1.54) is 64.2 Å². The highest BCUT2D eigenvalue weighted by atomic mass is 16.6. The Morgan fingerprint density at radius 1 is 0.349 bits per heavy atom. The highest BCUT2D eigenvalue weighted by Crippen LogP contribution is 2.12. The van der Waals surface area contributed by atoms with E-state index < -0.39 is 6.10 Å². The van der Waals surface area contributed by atoms with Gasteiger partial charge >= 0.3 is 17.9 Å². The lowest BCUT2D eigenvalue weighted by molar-refractivity contribution is -0.167. The Balaban J connectivity index is 4.61. The number of esters is 3. The summed E-state index contributed by atoms with van der Waals surface area (Å²) in [7, 11) is 0. The Labute approximate surface area is 385 Å². The maximum atomic E-state index is 12.8. The van der Waals surface area contributed by atoms with Crippen molar-refractivity contribution in [1.29, 1.82) is 0 Å². The van der Waals surface area contributed by atoms with Gasteiger partial charge in [-0.15, -0.1) is 0 Å². The SMILES string of the molecule is CC\C=C/C=C\C=C/C=C\C=C/CCCC(=O)OCC(COC(=O)CCC/C=C\C/C=C\C/C=C\C/C=C\C/C=C\CC)OC(=O)CCCCCCCCC/C=C\CCCCCC. The van der Waals surface area contributed by atoms with Crippen LogP contribution in [0.3, 0.4) is 0 Å². The van der Waals surface area contributed by atoms with Crippen molar-refractivity contribution in [2.45, 2.75) is 194 Å². The summed E-state index contributed by atoms with van der Waals surface area (Å²) in [4.78, 5) is 37.9. The van der Waals surface area contributed by atoms with Crippen LogP contribution in [0.25, 0.3) is 0 Å². The molecule has 6 heteroatoms. The molecule has 0 saturated heterocycles. The highest BCUT2D eigenvalue weighted by molar-refractivity contribution is 5.71. The van der Waals surface area contributed by atoms with Crippen molar-refractivity contribution in [2.75, 3.05) is 13.2 Å². The molecule has 0 amide bonds. The molecular formula is C57H88O6. The molecule has 0 aromatic carbocycles. The molecule has 0 aliphatic carbocycles. The van der Waals surface area contributed by atoms with E-state index in [1.807, 2.05) is 54.7 Å². The Bertz CT molecular complexity index is 1420. The molecule has 0 aromatic rings. The summed E-state index contributed by atoms with van der Waals surface area (Å²) in [6.45, 7) is 6.22. The lowest BCUT2D eigenvalue weighted by Gasteiger charge is -2.18. The first-order valence-electron chi connectivity index (χ1n) is 24.8. The Morgan fingerprint density at radius 3 is 1.22 bits per heavy atom. The van der Waals surface area contributed by atoms with Crippen LogP contribution in [0.2, 0.25) is 0 Å². The topological polar surface area (TPSA) is 78.9 Å². The second-order valence-electron chi connectivity index (χ2n) is 15.7. The fourth-order valence-electron chi connectivity index (χ4n) is 6.09. The molecular weight excluding hydrogens is 781 g/mol. The highest BCUT2D eigenvalue weighted by Gasteiger charge is 2.19. The average Bonchev–Trinajstić information content (AvgIpc) is 3.28. The number of rotatable bonds is 42. The van der Waals surface area contributed by atoms with Crippen LogP contribution in [-0.4, -0.2) is 37.2 Å². The van der Waals surface area contributed by atoms with E-state index in [0.29, 0.717) is 12.8 Å². The van der Waals surface area contributed by atoms with Crippen molar-refractivity contribution in [3.05, 3.63) is 134 Å². The predicted octanol–water partition coefficient (Wildman–Crippen LogP) is 16.3. The van der Waals surface area contributed by atoms with Crippen LogP contribution in [0.5, 0.6) is 0 Å². The van der Waals surface area contributed by atoms with Gasteiger partial charge in [-0.25, -0.2) is 0 Å². The number of hydrogen-bond donors (Lipinski definition) is 0. The van der Waals surface area contributed by atoms with Gasteiger partial charge in [0, 0.05) is 19.3 Å². The summed E-state index contributed by atoms with van der Waals surface area (Å²) in [6.07, 6.45) is 70.2. The second kappa shape index (κ2) is 50.2. The van der Waals surface area contributed by atoms with E-state index >= 15 is 0 Å². The molecule has 0 radical (unpaired) electrons. The maximum absolute atomic E-state index is 12.8. The molecule has 1 unspecified atom stereocenters. The summed E-state index contributed by atoms with van der Waals surface area (Å²) >= 11 is 0. The van der Waals surface area contributed by atoms with Gasteiger partial charge in [0.15, 0.2) is 6.10 Å². The van der Waals surface area contributed by atoms with Crippen molar-refractivity contribution < 1.29 is 28.6 Å². The minimum atomic E-state index is -0.836. The molecule has 0 bridgehead atoms. The van der Waals surface area contributed by atoms with E-state index in [0.717, 1.165) is 70.6 Å². The van der Waals surface area contributed by atoms with Gasteiger partial charge < -0.3 is 14.2 Å². The molecule has 1 atom stereocenters. The van der Waals surface area contributed by atoms with Crippen LogP contribution in [0, 0.1) is 0 Å². The summed E-state index contributed by atoms with van der Waals surface area (Å²) in [5, 5.41) is 0. The Hall–Kier alpha value is -4.45. The third-order valence-corrected chi connectivity index (χ3v) is 9.75. The molecule has 0 aliphatic rings. The van der Waals surface area contributed by atoms with Crippen LogP contribution in [0.1, 0.15) is 188 Å². The van der Waals surface area contributed by atoms with Crippen LogP contribution in [0.4, 0.5) is 0 Å². The average molecular weight is 869 g/mol. The quantitative estimate of drug-likeness (QED) is 0.0200. The van der Waals surface area contributed by atoms with E-state index in [1.54, 1.807) is 0 Å². The molecule has 0 N–H and O–H groups in total. The van der Waals surface area contributed by atoms with E-state index in [2.05, 4.69) is 99.8 Å². The zero-order valence-electron chi connectivity index (χ0n) is 40.0. The summed E-state index contributed by atoms with van der Waals surface area (Å²) in [5.74, 6) is -1.08. The van der Waals surface area contributed by atoms with E-state index in [4.69, 9.17) is 14.2 Å². The van der Waals surface area contributed by atoms with Crippen LogP contribution in [0.15, 0.2) is 134 Å². The number of hydrogen-bond acceptors (Lipinski definition) is 6. The number of allylic oxidation sites excluding steroid dienone is 22. The van der Waals surface area contributed by atoms with E-state index in [-0.39, 0.29) is 50.4 Å². The van der Waals surface area contributed by atoms with Crippen molar-refractivity contribution in [3.63, 3.8) is 0 Å². The minimum Gasteiger partial charge on any atom is -0.462 e. The van der Waals surface area contributed by atoms with Gasteiger partial charge in [0.1, 0.15) is 13.2 Å². The molecule has 0 aromatic heterocycles. The van der Waals surface area contributed by atoms with Gasteiger partial charge in [0.05, 0.1) is 0 Å². The number of ether oxygens (including phenoxy) is 3. The van der Waals surface area contributed by atoms with Gasteiger partial charge in [-0.1, -0.05) is 206 Å². The van der Waals surface area contributed by atoms with Gasteiger partial charge in [-0.2, -0.15) is 0 Å². The molecule has 352 valence electrons. The van der Waals surface area contributed by atoms with Crippen LogP contribution in [-0.2, 0) is 28.6 Å². The van der Waals surface area contributed by atoms with Gasteiger partial charge in [0.2, 0.25) is 0 Å². The Morgan fingerprint density at radius 2 is 0.714 bits per heavy atom. The summed E-state index contributed by atoms with van der Waals surface area (Å²) in [6, 6.07) is 0.